The van der Waals surface area contributed by atoms with E-state index in [0.717, 1.165) is 46.7 Å². The SMILES string of the molecule is COC(=O)c1ccc2c(c1)n1c3c(c(C#N)c1n2CCC1=CCCCC1)c1ccccc1c(=O)n3C(C)C. The number of benzene rings is 2. The second-order valence-electron chi connectivity index (χ2n) is 10.4. The van der Waals surface area contributed by atoms with Gasteiger partial charge >= 0.3 is 5.97 Å². The van der Waals surface area contributed by atoms with Crippen LogP contribution in [0.1, 0.15) is 67.9 Å². The Hall–Kier alpha value is -4.31. The van der Waals surface area contributed by atoms with Crippen molar-refractivity contribution in [3.63, 3.8) is 0 Å². The normalized spacial score (nSPS) is 14.0. The Morgan fingerprint density at radius 1 is 1.08 bits per heavy atom. The summed E-state index contributed by atoms with van der Waals surface area (Å²) in [4.78, 5) is 26.3. The van der Waals surface area contributed by atoms with Gasteiger partial charge in [0.1, 0.15) is 22.9 Å². The van der Waals surface area contributed by atoms with Gasteiger partial charge in [-0.15, -0.1) is 0 Å². The molecule has 0 saturated heterocycles. The number of hydrogen-bond acceptors (Lipinski definition) is 4. The molecule has 1 aliphatic rings. The second-order valence-corrected chi connectivity index (χ2v) is 10.4. The Morgan fingerprint density at radius 3 is 2.55 bits per heavy atom. The highest BCUT2D eigenvalue weighted by Gasteiger charge is 2.27. The van der Waals surface area contributed by atoms with Gasteiger partial charge in [0.25, 0.3) is 5.56 Å². The average molecular weight is 507 g/mol. The first-order chi connectivity index (χ1) is 18.5. The standard InChI is InChI=1S/C31H30N4O3/c1-19(2)34-29-27(22-11-7-8-12-23(22)30(34)36)24(18-32)28-33(16-15-20-9-5-4-6-10-20)25-14-13-21(31(37)38-3)17-26(25)35(28)29/h7-9,11-14,17,19H,4-6,10,15-16H2,1-3H3. The molecule has 0 radical (unpaired) electrons. The number of rotatable bonds is 5. The van der Waals surface area contributed by atoms with Crippen LogP contribution >= 0.6 is 0 Å². The van der Waals surface area contributed by atoms with Crippen LogP contribution in [0, 0.1) is 11.3 Å². The summed E-state index contributed by atoms with van der Waals surface area (Å²) >= 11 is 0. The second kappa shape index (κ2) is 9.21. The quantitative estimate of drug-likeness (QED) is 0.201. The highest BCUT2D eigenvalue weighted by Crippen LogP contribution is 2.37. The topological polar surface area (TPSA) is 81.4 Å². The minimum absolute atomic E-state index is 0.0932. The number of ether oxygens (including phenoxy) is 1. The fraction of sp³-hybridized carbons (Fsp3) is 0.323. The average Bonchev–Trinajstić information content (AvgIpc) is 3.44. The minimum atomic E-state index is -0.427. The minimum Gasteiger partial charge on any atom is -0.465 e. The molecule has 0 amide bonds. The van der Waals surface area contributed by atoms with Gasteiger partial charge in [0.2, 0.25) is 0 Å². The van der Waals surface area contributed by atoms with Crippen LogP contribution in [-0.2, 0) is 11.3 Å². The van der Waals surface area contributed by atoms with E-state index in [0.29, 0.717) is 28.7 Å². The fourth-order valence-electron chi connectivity index (χ4n) is 6.12. The van der Waals surface area contributed by atoms with E-state index in [2.05, 4.69) is 16.7 Å². The Kier molecular flexibility index (Phi) is 5.83. The smallest absolute Gasteiger partial charge is 0.337 e. The van der Waals surface area contributed by atoms with Gasteiger partial charge in [-0.05, 0) is 75.6 Å². The monoisotopic (exact) mass is 506 g/mol. The predicted octanol–water partition coefficient (Wildman–Crippen LogP) is 6.49. The zero-order chi connectivity index (χ0) is 26.6. The molecular weight excluding hydrogens is 476 g/mol. The van der Waals surface area contributed by atoms with E-state index in [-0.39, 0.29) is 11.6 Å². The summed E-state index contributed by atoms with van der Waals surface area (Å²) in [5.74, 6) is -0.427. The maximum atomic E-state index is 13.8. The predicted molar refractivity (Wildman–Crippen MR) is 150 cm³/mol. The van der Waals surface area contributed by atoms with Gasteiger partial charge in [0.05, 0.1) is 23.7 Å². The first-order valence-corrected chi connectivity index (χ1v) is 13.3. The van der Waals surface area contributed by atoms with Crippen LogP contribution in [0.15, 0.2) is 58.9 Å². The first kappa shape index (κ1) is 24.1. The molecule has 0 unspecified atom stereocenters. The number of aryl methyl sites for hydroxylation is 1. The van der Waals surface area contributed by atoms with E-state index in [4.69, 9.17) is 4.74 Å². The highest BCUT2D eigenvalue weighted by atomic mass is 16.5. The van der Waals surface area contributed by atoms with E-state index < -0.39 is 5.97 Å². The summed E-state index contributed by atoms with van der Waals surface area (Å²) < 4.78 is 11.0. The van der Waals surface area contributed by atoms with Crippen LogP contribution in [0.25, 0.3) is 38.5 Å². The summed E-state index contributed by atoms with van der Waals surface area (Å²) in [5, 5.41) is 12.7. The Morgan fingerprint density at radius 2 is 1.87 bits per heavy atom. The molecule has 2 aromatic carbocycles. The number of pyridine rings is 1. The number of fused-ring (bicyclic) bond motifs is 7. The van der Waals surface area contributed by atoms with Crippen LogP contribution in [0.4, 0.5) is 0 Å². The Balaban J connectivity index is 1.80. The van der Waals surface area contributed by atoms with Crippen LogP contribution in [0.5, 0.6) is 0 Å². The van der Waals surface area contributed by atoms with Crippen LogP contribution in [0.3, 0.4) is 0 Å². The number of nitrogens with zero attached hydrogens (tertiary/aromatic N) is 4. The lowest BCUT2D eigenvalue weighted by molar-refractivity contribution is 0.0601. The molecule has 0 spiro atoms. The van der Waals surface area contributed by atoms with Gasteiger partial charge in [0, 0.05) is 23.4 Å². The Labute approximate surface area is 220 Å². The van der Waals surface area contributed by atoms with Gasteiger partial charge in [-0.1, -0.05) is 29.8 Å². The zero-order valence-corrected chi connectivity index (χ0v) is 22.0. The number of aromatic nitrogens is 3. The van der Waals surface area contributed by atoms with Gasteiger partial charge in [0.15, 0.2) is 0 Å². The third kappa shape index (κ3) is 3.47. The van der Waals surface area contributed by atoms with Gasteiger partial charge in [-0.2, -0.15) is 5.26 Å². The van der Waals surface area contributed by atoms with E-state index in [1.54, 1.807) is 10.6 Å². The lowest BCUT2D eigenvalue weighted by Crippen LogP contribution is -2.23. The molecule has 0 atom stereocenters. The molecule has 38 heavy (non-hydrogen) atoms. The summed E-state index contributed by atoms with van der Waals surface area (Å²) in [7, 11) is 1.37. The maximum Gasteiger partial charge on any atom is 0.337 e. The number of esters is 1. The molecule has 1 aliphatic carbocycles. The van der Waals surface area contributed by atoms with Crippen LogP contribution in [0.2, 0.25) is 0 Å². The number of allylic oxidation sites excluding steroid dienone is 2. The summed E-state index contributed by atoms with van der Waals surface area (Å²) in [5.41, 5.74) is 5.44. The van der Waals surface area contributed by atoms with Crippen molar-refractivity contribution in [2.24, 2.45) is 0 Å². The van der Waals surface area contributed by atoms with Crippen molar-refractivity contribution >= 4 is 44.5 Å². The molecule has 0 aliphatic heterocycles. The van der Waals surface area contributed by atoms with Crippen molar-refractivity contribution in [2.45, 2.75) is 58.5 Å². The molecule has 0 saturated carbocycles. The molecule has 3 heterocycles. The lowest BCUT2D eigenvalue weighted by atomic mass is 9.97. The zero-order valence-electron chi connectivity index (χ0n) is 22.0. The molecule has 0 bridgehead atoms. The van der Waals surface area contributed by atoms with Gasteiger partial charge in [-0.3, -0.25) is 13.8 Å². The first-order valence-electron chi connectivity index (χ1n) is 13.3. The third-order valence-corrected chi connectivity index (χ3v) is 7.85. The van der Waals surface area contributed by atoms with E-state index in [9.17, 15) is 14.9 Å². The molecule has 192 valence electrons. The molecular formula is C31H30N4O3. The molecule has 5 aromatic rings. The molecule has 7 nitrogen and oxygen atoms in total. The molecule has 6 rings (SSSR count). The number of imidazole rings is 1. The summed E-state index contributed by atoms with van der Waals surface area (Å²) in [6.07, 6.45) is 7.91. The number of carbonyl (C=O) groups excluding carboxylic acids is 1. The largest absolute Gasteiger partial charge is 0.465 e. The van der Waals surface area contributed by atoms with Crippen molar-refractivity contribution in [2.75, 3.05) is 7.11 Å². The van der Waals surface area contributed by atoms with E-state index in [1.165, 1.54) is 25.5 Å². The lowest BCUT2D eigenvalue weighted by Gasteiger charge is -2.15. The van der Waals surface area contributed by atoms with Crippen molar-refractivity contribution < 1.29 is 9.53 Å². The number of nitriles is 1. The summed E-state index contributed by atoms with van der Waals surface area (Å²) in [6.45, 7) is 4.66. The number of hydrogen-bond donors (Lipinski definition) is 0. The molecule has 3 aromatic heterocycles. The van der Waals surface area contributed by atoms with Gasteiger partial charge < -0.3 is 9.30 Å². The van der Waals surface area contributed by atoms with Crippen LogP contribution < -0.4 is 5.56 Å². The van der Waals surface area contributed by atoms with Crippen molar-refractivity contribution in [1.29, 1.82) is 5.26 Å². The molecule has 0 N–H and O–H groups in total. The number of methoxy groups -OCH3 is 1. The summed E-state index contributed by atoms with van der Waals surface area (Å²) in [6, 6.07) is 15.4. The van der Waals surface area contributed by atoms with Crippen molar-refractivity contribution in [1.82, 2.24) is 13.5 Å². The Bertz CT molecular complexity index is 1890. The fourth-order valence-corrected chi connectivity index (χ4v) is 6.12. The molecule has 0 fully saturated rings. The van der Waals surface area contributed by atoms with E-state index >= 15 is 0 Å². The van der Waals surface area contributed by atoms with E-state index in [1.807, 2.05) is 54.6 Å². The molecule has 7 heteroatoms. The van der Waals surface area contributed by atoms with Crippen molar-refractivity contribution in [3.05, 3.63) is 75.6 Å². The van der Waals surface area contributed by atoms with Gasteiger partial charge in [-0.25, -0.2) is 4.79 Å². The third-order valence-electron chi connectivity index (χ3n) is 7.85. The van der Waals surface area contributed by atoms with Crippen LogP contribution in [-0.4, -0.2) is 26.6 Å². The van der Waals surface area contributed by atoms with Crippen molar-refractivity contribution in [3.8, 4) is 6.07 Å². The number of carbonyl (C=O) groups is 1. The highest BCUT2D eigenvalue weighted by molar-refractivity contribution is 6.13. The maximum absolute atomic E-state index is 13.8.